The summed E-state index contributed by atoms with van der Waals surface area (Å²) < 4.78 is 10.0. The van der Waals surface area contributed by atoms with Crippen LogP contribution < -0.4 is 5.32 Å². The summed E-state index contributed by atoms with van der Waals surface area (Å²) in [7, 11) is 3.75. The van der Waals surface area contributed by atoms with Gasteiger partial charge in [0.25, 0.3) is 0 Å². The number of urea groups is 1. The molecule has 1 aliphatic rings. The monoisotopic (exact) mass is 296 g/mol. The summed E-state index contributed by atoms with van der Waals surface area (Å²) in [5.74, 6) is 1.15. The molecule has 0 bridgehead atoms. The molecule has 0 saturated carbocycles. The van der Waals surface area contributed by atoms with Crippen molar-refractivity contribution in [3.05, 3.63) is 11.8 Å². The third kappa shape index (κ3) is 4.44. The molecule has 0 aromatic carbocycles. The predicted molar refractivity (Wildman–Crippen MR) is 79.4 cm³/mol. The Kier molecular flexibility index (Phi) is 5.58. The molecule has 21 heavy (non-hydrogen) atoms. The molecule has 7 nitrogen and oxygen atoms in total. The fourth-order valence-electron chi connectivity index (χ4n) is 2.60. The van der Waals surface area contributed by atoms with E-state index in [1.54, 1.807) is 20.1 Å². The minimum atomic E-state index is -0.106. The van der Waals surface area contributed by atoms with E-state index in [0.29, 0.717) is 18.2 Å². The van der Waals surface area contributed by atoms with Crippen LogP contribution in [0, 0.1) is 6.92 Å². The van der Waals surface area contributed by atoms with Gasteiger partial charge in [0, 0.05) is 38.9 Å². The van der Waals surface area contributed by atoms with Gasteiger partial charge in [0.2, 0.25) is 0 Å². The standard InChI is InChI=1S/C14H24N4O3/c1-11-9-13(16-21-11)15-14(19)18-6-4-5-12(18)10-17(2)7-8-20-3/h9,12H,4-8,10H2,1-3H3,(H,15,16,19). The van der Waals surface area contributed by atoms with Crippen LogP contribution in [0.1, 0.15) is 18.6 Å². The third-order valence-corrected chi connectivity index (χ3v) is 3.70. The number of nitrogens with one attached hydrogen (secondary N) is 1. The molecule has 7 heteroatoms. The number of hydrogen-bond donors (Lipinski definition) is 1. The lowest BCUT2D eigenvalue weighted by molar-refractivity contribution is 0.143. The molecule has 1 N–H and O–H groups in total. The van der Waals surface area contributed by atoms with E-state index in [9.17, 15) is 4.79 Å². The van der Waals surface area contributed by atoms with E-state index in [-0.39, 0.29) is 12.1 Å². The van der Waals surface area contributed by atoms with E-state index in [2.05, 4.69) is 22.4 Å². The first-order valence-electron chi connectivity index (χ1n) is 7.28. The molecular formula is C14H24N4O3. The Hall–Kier alpha value is -1.60. The SMILES string of the molecule is COCCN(C)CC1CCCN1C(=O)Nc1cc(C)on1. The van der Waals surface area contributed by atoms with E-state index in [4.69, 9.17) is 9.26 Å². The fraction of sp³-hybridized carbons (Fsp3) is 0.714. The van der Waals surface area contributed by atoms with Gasteiger partial charge >= 0.3 is 6.03 Å². The summed E-state index contributed by atoms with van der Waals surface area (Å²) in [5.41, 5.74) is 0. The number of likely N-dealkylation sites (N-methyl/N-ethyl adjacent to an activating group) is 1. The van der Waals surface area contributed by atoms with Gasteiger partial charge in [-0.15, -0.1) is 0 Å². The lowest BCUT2D eigenvalue weighted by atomic mass is 10.2. The van der Waals surface area contributed by atoms with Gasteiger partial charge < -0.3 is 19.1 Å². The second kappa shape index (κ2) is 7.42. The molecule has 0 radical (unpaired) electrons. The Bertz CT molecular complexity index is 463. The number of methoxy groups -OCH3 is 1. The molecule has 1 aromatic rings. The minimum absolute atomic E-state index is 0.106. The molecule has 2 amide bonds. The topological polar surface area (TPSA) is 70.8 Å². The Morgan fingerprint density at radius 3 is 3.14 bits per heavy atom. The van der Waals surface area contributed by atoms with Crippen molar-refractivity contribution in [2.45, 2.75) is 25.8 Å². The molecule has 2 heterocycles. The van der Waals surface area contributed by atoms with Gasteiger partial charge in [-0.05, 0) is 26.8 Å². The number of rotatable bonds is 6. The highest BCUT2D eigenvalue weighted by molar-refractivity contribution is 5.88. The van der Waals surface area contributed by atoms with Crippen molar-refractivity contribution in [3.8, 4) is 0 Å². The summed E-state index contributed by atoms with van der Waals surface area (Å²) in [6.07, 6.45) is 2.07. The van der Waals surface area contributed by atoms with Crippen LogP contribution in [0.3, 0.4) is 0 Å². The number of nitrogens with zero attached hydrogens (tertiary/aromatic N) is 3. The second-order valence-corrected chi connectivity index (χ2v) is 5.50. The number of carbonyl (C=O) groups excluding carboxylic acids is 1. The van der Waals surface area contributed by atoms with Crippen LogP contribution >= 0.6 is 0 Å². The van der Waals surface area contributed by atoms with E-state index >= 15 is 0 Å². The van der Waals surface area contributed by atoms with Gasteiger partial charge in [-0.2, -0.15) is 0 Å². The van der Waals surface area contributed by atoms with Crippen molar-refractivity contribution >= 4 is 11.8 Å². The van der Waals surface area contributed by atoms with E-state index in [1.807, 2.05) is 4.90 Å². The number of anilines is 1. The van der Waals surface area contributed by atoms with Gasteiger partial charge in [-0.25, -0.2) is 4.79 Å². The largest absolute Gasteiger partial charge is 0.383 e. The fourth-order valence-corrected chi connectivity index (χ4v) is 2.60. The maximum absolute atomic E-state index is 12.3. The van der Waals surface area contributed by atoms with Crippen molar-refractivity contribution in [3.63, 3.8) is 0 Å². The number of aromatic nitrogens is 1. The van der Waals surface area contributed by atoms with E-state index in [0.717, 1.165) is 32.5 Å². The van der Waals surface area contributed by atoms with Crippen LogP contribution in [0.25, 0.3) is 0 Å². The van der Waals surface area contributed by atoms with Gasteiger partial charge in [-0.1, -0.05) is 5.16 Å². The molecule has 1 aliphatic heterocycles. The first kappa shape index (κ1) is 15.8. The summed E-state index contributed by atoms with van der Waals surface area (Å²) >= 11 is 0. The van der Waals surface area contributed by atoms with Crippen LogP contribution in [0.15, 0.2) is 10.6 Å². The van der Waals surface area contributed by atoms with Gasteiger partial charge in [0.05, 0.1) is 6.61 Å². The van der Waals surface area contributed by atoms with Crippen LogP contribution in [0.2, 0.25) is 0 Å². The third-order valence-electron chi connectivity index (χ3n) is 3.70. The highest BCUT2D eigenvalue weighted by Gasteiger charge is 2.29. The van der Waals surface area contributed by atoms with Crippen molar-refractivity contribution in [2.75, 3.05) is 45.7 Å². The van der Waals surface area contributed by atoms with Crippen LogP contribution in [0.4, 0.5) is 10.6 Å². The second-order valence-electron chi connectivity index (χ2n) is 5.50. The number of ether oxygens (including phenoxy) is 1. The Balaban J connectivity index is 1.87. The van der Waals surface area contributed by atoms with E-state index < -0.39 is 0 Å². The minimum Gasteiger partial charge on any atom is -0.383 e. The molecule has 0 aliphatic carbocycles. The molecule has 1 aromatic heterocycles. The Morgan fingerprint density at radius 1 is 1.67 bits per heavy atom. The predicted octanol–water partition coefficient (Wildman–Crippen LogP) is 1.56. The molecule has 0 spiro atoms. The maximum atomic E-state index is 12.3. The zero-order valence-corrected chi connectivity index (χ0v) is 13.0. The van der Waals surface area contributed by atoms with Crippen molar-refractivity contribution in [1.82, 2.24) is 15.0 Å². The van der Waals surface area contributed by atoms with E-state index in [1.165, 1.54) is 0 Å². The Labute approximate surface area is 125 Å². The molecule has 2 rings (SSSR count). The van der Waals surface area contributed by atoms with Crippen LogP contribution in [-0.4, -0.2) is 67.4 Å². The first-order valence-corrected chi connectivity index (χ1v) is 7.28. The number of carbonyl (C=O) groups is 1. The number of hydrogen-bond acceptors (Lipinski definition) is 5. The molecule has 1 atom stereocenters. The first-order chi connectivity index (χ1) is 10.1. The molecule has 1 unspecified atom stereocenters. The summed E-state index contributed by atoms with van der Waals surface area (Å²) in [6.45, 7) is 5.00. The van der Waals surface area contributed by atoms with Gasteiger partial charge in [-0.3, -0.25) is 5.32 Å². The number of amides is 2. The normalized spacial score (nSPS) is 18.5. The molecule has 118 valence electrons. The summed E-state index contributed by atoms with van der Waals surface area (Å²) in [4.78, 5) is 16.4. The highest BCUT2D eigenvalue weighted by Crippen LogP contribution is 2.19. The lowest BCUT2D eigenvalue weighted by Gasteiger charge is -2.28. The summed E-state index contributed by atoms with van der Waals surface area (Å²) in [5, 5.41) is 6.58. The smallest absolute Gasteiger partial charge is 0.323 e. The van der Waals surface area contributed by atoms with Crippen molar-refractivity contribution in [2.24, 2.45) is 0 Å². The zero-order valence-electron chi connectivity index (χ0n) is 13.0. The van der Waals surface area contributed by atoms with Gasteiger partial charge in [0.1, 0.15) is 5.76 Å². The summed E-state index contributed by atoms with van der Waals surface area (Å²) in [6, 6.07) is 1.85. The molecule has 1 saturated heterocycles. The van der Waals surface area contributed by atoms with Crippen molar-refractivity contribution < 1.29 is 14.1 Å². The molecular weight excluding hydrogens is 272 g/mol. The maximum Gasteiger partial charge on any atom is 0.323 e. The van der Waals surface area contributed by atoms with Crippen LogP contribution in [-0.2, 0) is 4.74 Å². The Morgan fingerprint density at radius 2 is 2.48 bits per heavy atom. The molecule has 1 fully saturated rings. The zero-order chi connectivity index (χ0) is 15.2. The van der Waals surface area contributed by atoms with Gasteiger partial charge in [0.15, 0.2) is 5.82 Å². The average Bonchev–Trinajstić information content (AvgIpc) is 3.05. The number of aryl methyl sites for hydroxylation is 1. The number of likely N-dealkylation sites (tertiary alicyclic amines) is 1. The van der Waals surface area contributed by atoms with Crippen LogP contribution in [0.5, 0.6) is 0 Å². The quantitative estimate of drug-likeness (QED) is 0.862. The highest BCUT2D eigenvalue weighted by atomic mass is 16.5. The lowest BCUT2D eigenvalue weighted by Crippen LogP contribution is -2.44. The average molecular weight is 296 g/mol. The van der Waals surface area contributed by atoms with Crippen molar-refractivity contribution in [1.29, 1.82) is 0 Å².